The first-order valence-corrected chi connectivity index (χ1v) is 8.81. The van der Waals surface area contributed by atoms with Crippen LogP contribution in [-0.2, 0) is 19.6 Å². The van der Waals surface area contributed by atoms with E-state index >= 15 is 0 Å². The number of alkyl halides is 2. The molecule has 4 rings (SSSR count). The van der Waals surface area contributed by atoms with E-state index in [0.717, 1.165) is 11.5 Å². The highest BCUT2D eigenvalue weighted by atomic mass is 19.3. The maximum atomic E-state index is 12.6. The molecule has 0 aliphatic carbocycles. The normalized spacial score (nSPS) is 11.4. The van der Waals surface area contributed by atoms with E-state index in [0.29, 0.717) is 31.1 Å². The van der Waals surface area contributed by atoms with E-state index < -0.39 is 6.61 Å². The van der Waals surface area contributed by atoms with Crippen LogP contribution in [0.1, 0.15) is 17.4 Å². The van der Waals surface area contributed by atoms with Gasteiger partial charge in [0.1, 0.15) is 17.3 Å². The molecule has 0 bridgehead atoms. The highest BCUT2D eigenvalue weighted by molar-refractivity contribution is 5.63. The Balaban J connectivity index is 1.53. The van der Waals surface area contributed by atoms with Crippen molar-refractivity contribution in [3.8, 4) is 17.1 Å². The van der Waals surface area contributed by atoms with Crippen LogP contribution in [0.25, 0.3) is 11.4 Å². The predicted molar refractivity (Wildman–Crippen MR) is 96.7 cm³/mol. The second kappa shape index (κ2) is 8.70. The van der Waals surface area contributed by atoms with Crippen LogP contribution in [0, 0.1) is 0 Å². The van der Waals surface area contributed by atoms with Crippen LogP contribution in [0.15, 0.2) is 74.4 Å². The molecule has 9 heteroatoms. The van der Waals surface area contributed by atoms with Crippen LogP contribution < -0.4 is 4.74 Å². The van der Waals surface area contributed by atoms with Crippen molar-refractivity contribution in [2.45, 2.75) is 26.2 Å². The van der Waals surface area contributed by atoms with Crippen LogP contribution in [0.4, 0.5) is 8.78 Å². The fourth-order valence-electron chi connectivity index (χ4n) is 2.88. The van der Waals surface area contributed by atoms with Crippen molar-refractivity contribution < 1.29 is 26.9 Å². The number of nitrogens with zero attached hydrogens (tertiary/aromatic N) is 3. The van der Waals surface area contributed by atoms with Crippen LogP contribution in [0.3, 0.4) is 0 Å². The largest absolute Gasteiger partial charge is 0.468 e. The molecule has 0 unspecified atom stereocenters. The number of ether oxygens (including phenoxy) is 1. The minimum absolute atomic E-state index is 0.0159. The summed E-state index contributed by atoms with van der Waals surface area (Å²) in [5.41, 5.74) is 0.325. The lowest BCUT2D eigenvalue weighted by Gasteiger charge is -2.17. The summed E-state index contributed by atoms with van der Waals surface area (Å²) in [4.78, 5) is 6.34. The summed E-state index contributed by atoms with van der Waals surface area (Å²) in [7, 11) is 0. The molecule has 0 fully saturated rings. The summed E-state index contributed by atoms with van der Waals surface area (Å²) in [5.74, 6) is 2.02. The first-order valence-electron chi connectivity index (χ1n) is 8.81. The minimum Gasteiger partial charge on any atom is -0.468 e. The van der Waals surface area contributed by atoms with Crippen molar-refractivity contribution in [1.29, 1.82) is 0 Å². The standard InChI is InChI=1S/C20H17F2N3O4/c21-20(22)28-17-8-2-1-7-16(17)19-23-18(29-24-19)13-25(11-14-5-3-9-26-14)12-15-6-4-10-27-15/h1-10,20H,11-13H2. The molecular formula is C20H17F2N3O4. The Labute approximate surface area is 164 Å². The van der Waals surface area contributed by atoms with Gasteiger partial charge in [0, 0.05) is 0 Å². The lowest BCUT2D eigenvalue weighted by molar-refractivity contribution is -0.0494. The van der Waals surface area contributed by atoms with E-state index in [1.807, 2.05) is 29.2 Å². The summed E-state index contributed by atoms with van der Waals surface area (Å²) >= 11 is 0. The Morgan fingerprint density at radius 1 is 0.897 bits per heavy atom. The van der Waals surface area contributed by atoms with E-state index in [-0.39, 0.29) is 11.6 Å². The van der Waals surface area contributed by atoms with Gasteiger partial charge >= 0.3 is 6.61 Å². The zero-order valence-electron chi connectivity index (χ0n) is 15.2. The molecule has 3 heterocycles. The highest BCUT2D eigenvalue weighted by Crippen LogP contribution is 2.29. The van der Waals surface area contributed by atoms with E-state index in [9.17, 15) is 8.78 Å². The van der Waals surface area contributed by atoms with E-state index in [2.05, 4.69) is 14.9 Å². The summed E-state index contributed by atoms with van der Waals surface area (Å²) in [6, 6.07) is 13.7. The second-order valence-corrected chi connectivity index (χ2v) is 6.19. The average Bonchev–Trinajstić information content (AvgIpc) is 3.45. The van der Waals surface area contributed by atoms with Gasteiger partial charge in [-0.25, -0.2) is 0 Å². The van der Waals surface area contributed by atoms with Gasteiger partial charge < -0.3 is 18.1 Å². The van der Waals surface area contributed by atoms with Crippen LogP contribution in [-0.4, -0.2) is 21.7 Å². The number of rotatable bonds is 9. The van der Waals surface area contributed by atoms with Gasteiger partial charge in [-0.15, -0.1) is 0 Å². The van der Waals surface area contributed by atoms with Gasteiger partial charge in [0.05, 0.1) is 37.7 Å². The quantitative estimate of drug-likeness (QED) is 0.401. The number of hydrogen-bond acceptors (Lipinski definition) is 7. The molecule has 3 aromatic heterocycles. The smallest absolute Gasteiger partial charge is 0.387 e. The lowest BCUT2D eigenvalue weighted by Crippen LogP contribution is -2.22. The Bertz CT molecular complexity index is 980. The van der Waals surface area contributed by atoms with Gasteiger partial charge in [0.15, 0.2) is 0 Å². The fourth-order valence-corrected chi connectivity index (χ4v) is 2.88. The topological polar surface area (TPSA) is 77.7 Å². The Kier molecular flexibility index (Phi) is 5.66. The molecule has 0 saturated heterocycles. The third kappa shape index (κ3) is 4.88. The third-order valence-electron chi connectivity index (χ3n) is 4.09. The van der Waals surface area contributed by atoms with Gasteiger partial charge in [-0.2, -0.15) is 13.8 Å². The molecular weight excluding hydrogens is 384 g/mol. The van der Waals surface area contributed by atoms with E-state index in [1.165, 1.54) is 6.07 Å². The first-order chi connectivity index (χ1) is 14.2. The van der Waals surface area contributed by atoms with Gasteiger partial charge in [-0.05, 0) is 36.4 Å². The van der Waals surface area contributed by atoms with Crippen LogP contribution >= 0.6 is 0 Å². The van der Waals surface area contributed by atoms with Crippen molar-refractivity contribution in [1.82, 2.24) is 15.0 Å². The summed E-state index contributed by atoms with van der Waals surface area (Å²) in [6.45, 7) is -1.64. The molecule has 0 aliphatic heterocycles. The molecule has 0 atom stereocenters. The number of aromatic nitrogens is 2. The Morgan fingerprint density at radius 2 is 1.59 bits per heavy atom. The third-order valence-corrected chi connectivity index (χ3v) is 4.09. The van der Waals surface area contributed by atoms with E-state index in [1.54, 1.807) is 30.7 Å². The predicted octanol–water partition coefficient (Wildman–Crippen LogP) is 4.73. The SMILES string of the molecule is FC(F)Oc1ccccc1-c1noc(CN(Cc2ccco2)Cc2ccco2)n1. The van der Waals surface area contributed by atoms with Crippen molar-refractivity contribution in [2.75, 3.05) is 0 Å². The Hall–Kier alpha value is -3.46. The average molecular weight is 401 g/mol. The summed E-state index contributed by atoms with van der Waals surface area (Å²) in [6.07, 6.45) is 3.20. The van der Waals surface area contributed by atoms with Crippen molar-refractivity contribution >= 4 is 0 Å². The molecule has 7 nitrogen and oxygen atoms in total. The van der Waals surface area contributed by atoms with Gasteiger partial charge in [-0.3, -0.25) is 4.90 Å². The van der Waals surface area contributed by atoms with Crippen molar-refractivity contribution in [2.24, 2.45) is 0 Å². The maximum Gasteiger partial charge on any atom is 0.387 e. The molecule has 4 aromatic rings. The zero-order chi connectivity index (χ0) is 20.1. The molecule has 1 aromatic carbocycles. The number of halogens is 2. The van der Waals surface area contributed by atoms with Crippen molar-refractivity contribution in [3.63, 3.8) is 0 Å². The number of furan rings is 2. The highest BCUT2D eigenvalue weighted by Gasteiger charge is 2.19. The molecule has 0 saturated carbocycles. The fraction of sp³-hybridized carbons (Fsp3) is 0.200. The maximum absolute atomic E-state index is 12.6. The number of hydrogen-bond donors (Lipinski definition) is 0. The number of para-hydroxylation sites is 1. The van der Waals surface area contributed by atoms with E-state index in [4.69, 9.17) is 13.4 Å². The molecule has 0 aliphatic rings. The van der Waals surface area contributed by atoms with Gasteiger partial charge in [-0.1, -0.05) is 17.3 Å². The molecule has 29 heavy (non-hydrogen) atoms. The van der Waals surface area contributed by atoms with Crippen LogP contribution in [0.2, 0.25) is 0 Å². The van der Waals surface area contributed by atoms with Gasteiger partial charge in [0.25, 0.3) is 0 Å². The van der Waals surface area contributed by atoms with Crippen molar-refractivity contribution in [3.05, 3.63) is 78.5 Å². The minimum atomic E-state index is -2.94. The second-order valence-electron chi connectivity index (χ2n) is 6.19. The summed E-state index contributed by atoms with van der Waals surface area (Å²) in [5, 5.41) is 3.92. The van der Waals surface area contributed by atoms with Gasteiger partial charge in [0.2, 0.25) is 11.7 Å². The first kappa shape index (κ1) is 18.9. The molecule has 0 radical (unpaired) electrons. The molecule has 150 valence electrons. The molecule has 0 amide bonds. The lowest BCUT2D eigenvalue weighted by atomic mass is 10.2. The number of benzene rings is 1. The summed E-state index contributed by atoms with van der Waals surface area (Å²) < 4.78 is 46.0. The molecule has 0 spiro atoms. The van der Waals surface area contributed by atoms with Crippen LogP contribution in [0.5, 0.6) is 5.75 Å². The zero-order valence-corrected chi connectivity index (χ0v) is 15.2. The monoisotopic (exact) mass is 401 g/mol. The Morgan fingerprint density at radius 3 is 2.21 bits per heavy atom. The molecule has 0 N–H and O–H groups in total.